The molecule has 0 spiro atoms. The lowest BCUT2D eigenvalue weighted by atomic mass is 10.0. The molecule has 0 saturated carbocycles. The first-order valence-corrected chi connectivity index (χ1v) is 6.05. The fourth-order valence-corrected chi connectivity index (χ4v) is 2.10. The van der Waals surface area contributed by atoms with Gasteiger partial charge in [-0.05, 0) is 24.0 Å². The van der Waals surface area contributed by atoms with Crippen molar-refractivity contribution in [2.24, 2.45) is 0 Å². The number of hydrogen-bond acceptors (Lipinski definition) is 1. The highest BCUT2D eigenvalue weighted by Crippen LogP contribution is 2.41. The quantitative estimate of drug-likeness (QED) is 0.722. The van der Waals surface area contributed by atoms with Gasteiger partial charge in [0, 0.05) is 0 Å². The van der Waals surface area contributed by atoms with Crippen LogP contribution in [0.5, 0.6) is 0 Å². The largest absolute Gasteiger partial charge is 0.364 e. The zero-order valence-electron chi connectivity index (χ0n) is 10.7. The topological polar surface area (TPSA) is 12.5 Å². The van der Waals surface area contributed by atoms with E-state index in [1.165, 1.54) is 5.56 Å². The molecule has 0 amide bonds. The molecule has 1 aliphatic rings. The van der Waals surface area contributed by atoms with E-state index in [1.807, 2.05) is 48.5 Å². The van der Waals surface area contributed by atoms with Crippen LogP contribution in [-0.2, 0) is 11.2 Å². The maximum atomic E-state index is 8.26. The molecule has 0 bridgehead atoms. The predicted molar refractivity (Wildman–Crippen MR) is 68.8 cm³/mol. The van der Waals surface area contributed by atoms with Crippen molar-refractivity contribution in [3.63, 3.8) is 0 Å². The summed E-state index contributed by atoms with van der Waals surface area (Å²) in [5, 5.41) is 0. The molecule has 86 valence electrons. The average molecular weight is 225 g/mol. The molecule has 17 heavy (non-hydrogen) atoms. The first-order chi connectivity index (χ1) is 8.78. The van der Waals surface area contributed by atoms with Gasteiger partial charge in [0.15, 0.2) is 0 Å². The van der Waals surface area contributed by atoms with Gasteiger partial charge in [0.2, 0.25) is 0 Å². The van der Waals surface area contributed by atoms with Gasteiger partial charge in [0.25, 0.3) is 0 Å². The standard InChI is InChI=1S/C16H16O/c1-3-7-13(8-4-1)11-12-15-16(17-15)14-9-5-2-6-10-14/h1-10,15-16H,11-12H2/t15-,16-/m0/s1/i15D. The van der Waals surface area contributed by atoms with Crippen molar-refractivity contribution < 1.29 is 6.11 Å². The summed E-state index contributed by atoms with van der Waals surface area (Å²) in [5.74, 6) is 0. The fourth-order valence-electron chi connectivity index (χ4n) is 2.10. The molecule has 1 heteroatoms. The van der Waals surface area contributed by atoms with Gasteiger partial charge in [-0.15, -0.1) is 0 Å². The molecule has 0 aliphatic carbocycles. The van der Waals surface area contributed by atoms with E-state index in [-0.39, 0.29) is 6.10 Å². The summed E-state index contributed by atoms with van der Waals surface area (Å²) in [7, 11) is 0. The van der Waals surface area contributed by atoms with Gasteiger partial charge in [-0.3, -0.25) is 0 Å². The van der Waals surface area contributed by atoms with Gasteiger partial charge in [0.05, 0.1) is 7.45 Å². The van der Waals surface area contributed by atoms with E-state index in [9.17, 15) is 0 Å². The monoisotopic (exact) mass is 225 g/mol. The summed E-state index contributed by atoms with van der Waals surface area (Å²) < 4.78 is 13.8. The maximum absolute atomic E-state index is 8.26. The minimum Gasteiger partial charge on any atom is -0.364 e. The van der Waals surface area contributed by atoms with Crippen molar-refractivity contribution in [3.8, 4) is 0 Å². The molecule has 1 saturated heterocycles. The first kappa shape index (κ1) is 9.43. The van der Waals surface area contributed by atoms with Crippen molar-refractivity contribution in [2.45, 2.75) is 25.0 Å². The van der Waals surface area contributed by atoms with E-state index < -0.39 is 6.08 Å². The molecule has 1 heterocycles. The highest BCUT2D eigenvalue weighted by atomic mass is 16.6. The van der Waals surface area contributed by atoms with Crippen molar-refractivity contribution in [3.05, 3.63) is 71.8 Å². The summed E-state index contributed by atoms with van der Waals surface area (Å²) >= 11 is 0. The lowest BCUT2D eigenvalue weighted by molar-refractivity contribution is 0.366. The second-order valence-corrected chi connectivity index (χ2v) is 4.36. The highest BCUT2D eigenvalue weighted by molar-refractivity contribution is 5.23. The molecule has 0 N–H and O–H groups in total. The molecule has 1 nitrogen and oxygen atoms in total. The molecule has 0 aromatic heterocycles. The van der Waals surface area contributed by atoms with Gasteiger partial charge in [-0.25, -0.2) is 0 Å². The molecule has 2 aromatic carbocycles. The lowest BCUT2D eigenvalue weighted by Crippen LogP contribution is -1.93. The van der Waals surface area contributed by atoms with Gasteiger partial charge in [0.1, 0.15) is 6.10 Å². The second kappa shape index (κ2) is 4.72. The molecule has 1 fully saturated rings. The molecule has 2 atom stereocenters. The summed E-state index contributed by atoms with van der Waals surface area (Å²) in [4.78, 5) is 0. The van der Waals surface area contributed by atoms with E-state index in [0.29, 0.717) is 0 Å². The number of aryl methyl sites for hydroxylation is 1. The van der Waals surface area contributed by atoms with E-state index in [1.54, 1.807) is 0 Å². The Bertz CT molecular complexity index is 511. The predicted octanol–water partition coefficient (Wildman–Crippen LogP) is 3.76. The third kappa shape index (κ3) is 2.56. The van der Waals surface area contributed by atoms with Crippen LogP contribution in [0.25, 0.3) is 0 Å². The Balaban J connectivity index is 1.62. The van der Waals surface area contributed by atoms with E-state index in [2.05, 4.69) is 12.1 Å². The fraction of sp³-hybridized carbons (Fsp3) is 0.250. The van der Waals surface area contributed by atoms with Crippen LogP contribution in [0.4, 0.5) is 0 Å². The third-order valence-corrected chi connectivity index (χ3v) is 3.11. The van der Waals surface area contributed by atoms with Crippen LogP contribution in [0.2, 0.25) is 0 Å². The van der Waals surface area contributed by atoms with Gasteiger partial charge < -0.3 is 4.74 Å². The molecule has 1 aliphatic heterocycles. The van der Waals surface area contributed by atoms with Crippen molar-refractivity contribution in [1.29, 1.82) is 0 Å². The SMILES string of the molecule is [2H][C@@]1(CCc2ccccc2)O[C@H]1c1ccccc1. The van der Waals surface area contributed by atoms with Gasteiger partial charge in [-0.1, -0.05) is 60.7 Å². The van der Waals surface area contributed by atoms with Crippen LogP contribution in [0.1, 0.15) is 25.0 Å². The summed E-state index contributed by atoms with van der Waals surface area (Å²) in [6, 6.07) is 20.3. The Morgan fingerprint density at radius 3 is 2.29 bits per heavy atom. The molecule has 2 aromatic rings. The van der Waals surface area contributed by atoms with Gasteiger partial charge >= 0.3 is 0 Å². The Kier molecular flexibility index (Phi) is 2.62. The smallest absolute Gasteiger partial charge is 0.109 e. The number of rotatable bonds is 4. The minimum absolute atomic E-state index is 0.0533. The molecule has 3 rings (SSSR count). The lowest BCUT2D eigenvalue weighted by Gasteiger charge is -1.98. The van der Waals surface area contributed by atoms with E-state index >= 15 is 0 Å². The van der Waals surface area contributed by atoms with Crippen LogP contribution in [0, 0.1) is 0 Å². The Hall–Kier alpha value is -1.60. The van der Waals surface area contributed by atoms with E-state index in [4.69, 9.17) is 6.11 Å². The number of benzene rings is 2. The Labute approximate surface area is 103 Å². The second-order valence-electron chi connectivity index (χ2n) is 4.36. The van der Waals surface area contributed by atoms with Crippen LogP contribution in [-0.4, -0.2) is 6.08 Å². The molecular formula is C16H16O. The number of ether oxygens (including phenoxy) is 1. The molecular weight excluding hydrogens is 208 g/mol. The zero-order valence-corrected chi connectivity index (χ0v) is 9.67. The van der Waals surface area contributed by atoms with Crippen LogP contribution < -0.4 is 0 Å². The average Bonchev–Trinajstić information content (AvgIpc) is 3.12. The van der Waals surface area contributed by atoms with E-state index in [0.717, 1.165) is 18.4 Å². The molecule has 0 unspecified atom stereocenters. The number of epoxide rings is 1. The normalized spacial score (nSPS) is 27.5. The number of hydrogen-bond donors (Lipinski definition) is 0. The van der Waals surface area contributed by atoms with Crippen molar-refractivity contribution in [1.82, 2.24) is 0 Å². The van der Waals surface area contributed by atoms with Gasteiger partial charge in [-0.2, -0.15) is 0 Å². The highest BCUT2D eigenvalue weighted by Gasteiger charge is 2.39. The molecule has 0 radical (unpaired) electrons. The van der Waals surface area contributed by atoms with Crippen LogP contribution >= 0.6 is 0 Å². The third-order valence-electron chi connectivity index (χ3n) is 3.11. The summed E-state index contributed by atoms with van der Waals surface area (Å²) in [6.07, 6.45) is 0.865. The minimum atomic E-state index is -0.725. The van der Waals surface area contributed by atoms with Crippen molar-refractivity contribution >= 4 is 0 Å². The van der Waals surface area contributed by atoms with Crippen LogP contribution in [0.15, 0.2) is 60.7 Å². The Morgan fingerprint density at radius 1 is 0.941 bits per heavy atom. The first-order valence-electron chi connectivity index (χ1n) is 6.55. The Morgan fingerprint density at radius 2 is 1.59 bits per heavy atom. The summed E-state index contributed by atoms with van der Waals surface area (Å²) in [6.45, 7) is 0. The zero-order chi connectivity index (χ0) is 12.4. The summed E-state index contributed by atoms with van der Waals surface area (Å²) in [5.41, 5.74) is 2.38. The maximum Gasteiger partial charge on any atom is 0.109 e. The van der Waals surface area contributed by atoms with Crippen molar-refractivity contribution in [2.75, 3.05) is 0 Å². The van der Waals surface area contributed by atoms with Crippen LogP contribution in [0.3, 0.4) is 0 Å².